The number of aliphatic carboxylic acids is 1. The maximum absolute atomic E-state index is 9.45. The second-order valence-electron chi connectivity index (χ2n) is 4.57. The van der Waals surface area contributed by atoms with Crippen molar-refractivity contribution in [1.29, 1.82) is 0 Å². The van der Waals surface area contributed by atoms with E-state index in [2.05, 4.69) is 11.5 Å². The molecule has 0 aliphatic rings. The molecule has 0 aliphatic carbocycles. The fourth-order valence-electron chi connectivity index (χ4n) is 1.49. The Morgan fingerprint density at radius 2 is 1.26 bits per heavy atom. The molecule has 0 amide bonds. The summed E-state index contributed by atoms with van der Waals surface area (Å²) < 4.78 is 0. The number of phenolic OH excluding ortho intramolecular Hbond substituents is 3. The van der Waals surface area contributed by atoms with Crippen molar-refractivity contribution in [2.75, 3.05) is 0 Å². The second kappa shape index (κ2) is 8.42. The van der Waals surface area contributed by atoms with Crippen molar-refractivity contribution in [3.8, 4) is 17.2 Å². The first-order chi connectivity index (χ1) is 10.8. The Balaban J connectivity index is 0.000000379. The van der Waals surface area contributed by atoms with E-state index in [1.54, 1.807) is 42.5 Å². The van der Waals surface area contributed by atoms with E-state index >= 15 is 0 Å². The van der Waals surface area contributed by atoms with Gasteiger partial charge in [0, 0.05) is 6.07 Å². The Bertz CT molecular complexity index is 661. The van der Waals surface area contributed by atoms with Gasteiger partial charge in [0.25, 0.3) is 0 Å². The average molecular weight is 318 g/mol. The molecule has 2 aromatic carbocycles. The maximum atomic E-state index is 9.45. The Kier molecular flexibility index (Phi) is 6.60. The summed E-state index contributed by atoms with van der Waals surface area (Å²) in [6.45, 7) is 0. The van der Waals surface area contributed by atoms with Gasteiger partial charge in [-0.3, -0.25) is 0 Å². The predicted octanol–water partition coefficient (Wildman–Crippen LogP) is 1.29. The number of carboxylic acid groups (broad SMARTS) is 1. The Morgan fingerprint density at radius 3 is 1.70 bits per heavy atom. The highest BCUT2D eigenvalue weighted by atomic mass is 16.4. The molecule has 2 aromatic rings. The van der Waals surface area contributed by atoms with Crippen molar-refractivity contribution >= 4 is 18.1 Å². The fourth-order valence-corrected chi connectivity index (χ4v) is 1.49. The van der Waals surface area contributed by atoms with Gasteiger partial charge in [-0.05, 0) is 35.4 Å². The standard InChI is InChI=1S/C14H12O3.C2H6N2O2/c15-12-5-3-10(4-6-12)1-2-11-7-13(16)9-14(17)8-11;3-1(4)2(5)6/h1-9,15-17H;1H,3-4H2,(H,5,6). The van der Waals surface area contributed by atoms with Crippen molar-refractivity contribution < 1.29 is 25.2 Å². The molecule has 0 aliphatic heterocycles. The summed E-state index contributed by atoms with van der Waals surface area (Å²) in [5, 5.41) is 35.5. The lowest BCUT2D eigenvalue weighted by molar-refractivity contribution is -0.138. The van der Waals surface area contributed by atoms with Gasteiger partial charge in [-0.1, -0.05) is 24.3 Å². The first-order valence-electron chi connectivity index (χ1n) is 6.52. The van der Waals surface area contributed by atoms with E-state index in [-0.39, 0.29) is 17.2 Å². The van der Waals surface area contributed by atoms with Crippen LogP contribution in [-0.2, 0) is 4.79 Å². The van der Waals surface area contributed by atoms with E-state index in [4.69, 9.17) is 10.2 Å². The molecular formula is C16H18N2O5. The number of benzene rings is 2. The largest absolute Gasteiger partial charge is 0.508 e. The summed E-state index contributed by atoms with van der Waals surface area (Å²) in [7, 11) is 0. The highest BCUT2D eigenvalue weighted by Gasteiger charge is 2.00. The van der Waals surface area contributed by atoms with Gasteiger partial charge in [0.1, 0.15) is 17.2 Å². The summed E-state index contributed by atoms with van der Waals surface area (Å²) in [4.78, 5) is 9.45. The zero-order valence-electron chi connectivity index (χ0n) is 12.1. The minimum Gasteiger partial charge on any atom is -0.508 e. The second-order valence-corrected chi connectivity index (χ2v) is 4.57. The Hall–Kier alpha value is -3.03. The van der Waals surface area contributed by atoms with Crippen molar-refractivity contribution in [1.82, 2.24) is 0 Å². The molecular weight excluding hydrogens is 300 g/mol. The first-order valence-corrected chi connectivity index (χ1v) is 6.52. The number of hydrogen-bond acceptors (Lipinski definition) is 6. The van der Waals surface area contributed by atoms with E-state index in [0.29, 0.717) is 5.56 Å². The summed E-state index contributed by atoms with van der Waals surface area (Å²) in [5.74, 6) is -0.919. The highest BCUT2D eigenvalue weighted by molar-refractivity contribution is 5.72. The van der Waals surface area contributed by atoms with Gasteiger partial charge in [0.05, 0.1) is 0 Å². The third kappa shape index (κ3) is 6.98. The number of phenols is 3. The summed E-state index contributed by atoms with van der Waals surface area (Å²) in [6.07, 6.45) is 2.37. The van der Waals surface area contributed by atoms with Crippen LogP contribution in [0.1, 0.15) is 11.1 Å². The maximum Gasteiger partial charge on any atom is 0.335 e. The van der Waals surface area contributed by atoms with Gasteiger partial charge in [0.2, 0.25) is 0 Å². The van der Waals surface area contributed by atoms with E-state index in [1.165, 1.54) is 6.07 Å². The number of rotatable bonds is 3. The molecule has 0 fully saturated rings. The zero-order chi connectivity index (χ0) is 17.4. The van der Waals surface area contributed by atoms with E-state index < -0.39 is 12.1 Å². The number of aromatic hydroxyl groups is 3. The van der Waals surface area contributed by atoms with Crippen LogP contribution in [0.2, 0.25) is 0 Å². The molecule has 122 valence electrons. The minimum atomic E-state index is -1.23. The van der Waals surface area contributed by atoms with Crippen molar-refractivity contribution in [3.05, 3.63) is 53.6 Å². The molecule has 0 bridgehead atoms. The lowest BCUT2D eigenvalue weighted by atomic mass is 10.1. The topological polar surface area (TPSA) is 150 Å². The molecule has 2 rings (SSSR count). The van der Waals surface area contributed by atoms with Crippen LogP contribution in [0.5, 0.6) is 17.2 Å². The SMILES string of the molecule is NC(N)C(=O)O.Oc1ccc(C=Cc2cc(O)cc(O)c2)cc1. The molecule has 0 spiro atoms. The lowest BCUT2D eigenvalue weighted by Crippen LogP contribution is -2.38. The summed E-state index contributed by atoms with van der Waals surface area (Å²) in [5.41, 5.74) is 10.9. The quantitative estimate of drug-likeness (QED) is 0.368. The molecule has 0 atom stereocenters. The van der Waals surface area contributed by atoms with Gasteiger partial charge < -0.3 is 31.9 Å². The lowest BCUT2D eigenvalue weighted by Gasteiger charge is -1.98. The summed E-state index contributed by atoms with van der Waals surface area (Å²) in [6, 6.07) is 11.1. The number of hydrogen-bond donors (Lipinski definition) is 6. The van der Waals surface area contributed by atoms with Crippen LogP contribution in [0, 0.1) is 0 Å². The van der Waals surface area contributed by atoms with Crippen molar-refractivity contribution in [2.24, 2.45) is 11.5 Å². The average Bonchev–Trinajstić information content (AvgIpc) is 2.46. The number of nitrogens with two attached hydrogens (primary N) is 2. The molecule has 0 saturated carbocycles. The first kappa shape index (κ1) is 18.0. The van der Waals surface area contributed by atoms with Gasteiger partial charge in [-0.15, -0.1) is 0 Å². The Morgan fingerprint density at radius 1 is 0.826 bits per heavy atom. The third-order valence-electron chi connectivity index (χ3n) is 2.57. The van der Waals surface area contributed by atoms with Crippen LogP contribution in [0.25, 0.3) is 12.2 Å². The van der Waals surface area contributed by atoms with Gasteiger partial charge in [-0.2, -0.15) is 0 Å². The molecule has 0 aromatic heterocycles. The van der Waals surface area contributed by atoms with E-state index in [1.807, 2.05) is 6.08 Å². The van der Waals surface area contributed by atoms with Crippen molar-refractivity contribution in [2.45, 2.75) is 6.17 Å². The van der Waals surface area contributed by atoms with Crippen LogP contribution < -0.4 is 11.5 Å². The molecule has 23 heavy (non-hydrogen) atoms. The van der Waals surface area contributed by atoms with Gasteiger partial charge in [-0.25, -0.2) is 4.79 Å². The zero-order valence-corrected chi connectivity index (χ0v) is 12.1. The van der Waals surface area contributed by atoms with Crippen molar-refractivity contribution in [3.63, 3.8) is 0 Å². The predicted molar refractivity (Wildman–Crippen MR) is 86.6 cm³/mol. The number of carbonyl (C=O) groups is 1. The molecule has 7 nitrogen and oxygen atoms in total. The summed E-state index contributed by atoms with van der Waals surface area (Å²) >= 11 is 0. The Labute approximate surface area is 132 Å². The number of carboxylic acids is 1. The minimum absolute atomic E-state index is 0.0235. The monoisotopic (exact) mass is 318 g/mol. The molecule has 0 radical (unpaired) electrons. The van der Waals surface area contributed by atoms with Crippen LogP contribution in [0.3, 0.4) is 0 Å². The van der Waals surface area contributed by atoms with Crippen LogP contribution in [0.15, 0.2) is 42.5 Å². The van der Waals surface area contributed by atoms with Gasteiger partial charge >= 0.3 is 5.97 Å². The van der Waals surface area contributed by atoms with Crippen LogP contribution in [0.4, 0.5) is 0 Å². The van der Waals surface area contributed by atoms with Gasteiger partial charge in [0.15, 0.2) is 6.17 Å². The molecule has 0 unspecified atom stereocenters. The molecule has 0 saturated heterocycles. The van der Waals surface area contributed by atoms with Crippen LogP contribution in [-0.4, -0.2) is 32.6 Å². The van der Waals surface area contributed by atoms with Crippen LogP contribution >= 0.6 is 0 Å². The third-order valence-corrected chi connectivity index (χ3v) is 2.57. The van der Waals surface area contributed by atoms with E-state index in [0.717, 1.165) is 5.56 Å². The smallest absolute Gasteiger partial charge is 0.335 e. The molecule has 0 heterocycles. The highest BCUT2D eigenvalue weighted by Crippen LogP contribution is 2.22. The fraction of sp³-hybridized carbons (Fsp3) is 0.0625. The van der Waals surface area contributed by atoms with E-state index in [9.17, 15) is 15.0 Å². The molecule has 7 heteroatoms. The molecule has 8 N–H and O–H groups in total. The normalized spacial score (nSPS) is 10.4.